The summed E-state index contributed by atoms with van der Waals surface area (Å²) in [6.45, 7) is 12.8. The number of rotatable bonds is 3. The van der Waals surface area contributed by atoms with Gasteiger partial charge < -0.3 is 14.7 Å². The molecular weight excluding hydrogens is 388 g/mol. The Bertz CT molecular complexity index is 1020. The van der Waals surface area contributed by atoms with E-state index in [1.807, 2.05) is 19.1 Å². The lowest BCUT2D eigenvalue weighted by Gasteiger charge is -2.32. The smallest absolute Gasteiger partial charge is 0.232 e. The van der Waals surface area contributed by atoms with Crippen molar-refractivity contribution in [3.8, 4) is 11.5 Å². The third-order valence-electron chi connectivity index (χ3n) is 6.27. The minimum absolute atomic E-state index is 0.0778. The van der Waals surface area contributed by atoms with Crippen LogP contribution in [-0.2, 0) is 12.0 Å². The Morgan fingerprint density at radius 3 is 2.35 bits per heavy atom. The van der Waals surface area contributed by atoms with E-state index in [1.165, 1.54) is 5.56 Å². The number of benzene rings is 2. The fourth-order valence-electron chi connectivity index (χ4n) is 4.19. The van der Waals surface area contributed by atoms with Crippen LogP contribution in [0.4, 0.5) is 0 Å². The Labute approximate surface area is 184 Å². The highest BCUT2D eigenvalue weighted by molar-refractivity contribution is 6.15. The maximum absolute atomic E-state index is 13.2. The molecule has 1 fully saturated rings. The molecule has 164 valence electrons. The monoisotopic (exact) mass is 420 g/mol. The van der Waals surface area contributed by atoms with Gasteiger partial charge in [0, 0.05) is 32.7 Å². The number of aromatic hydroxyl groups is 1. The van der Waals surface area contributed by atoms with Crippen LogP contribution in [-0.4, -0.2) is 53.9 Å². The van der Waals surface area contributed by atoms with E-state index in [-0.39, 0.29) is 16.9 Å². The highest BCUT2D eigenvalue weighted by atomic mass is 16.5. The van der Waals surface area contributed by atoms with Crippen molar-refractivity contribution in [3.63, 3.8) is 0 Å². The largest absolute Gasteiger partial charge is 0.507 e. The Hall–Kier alpha value is -2.63. The van der Waals surface area contributed by atoms with Crippen LogP contribution in [0.15, 0.2) is 36.1 Å². The summed E-state index contributed by atoms with van der Waals surface area (Å²) in [7, 11) is 2.12. The number of ether oxygens (including phenoxy) is 1. The van der Waals surface area contributed by atoms with Crippen molar-refractivity contribution in [3.05, 3.63) is 63.9 Å². The van der Waals surface area contributed by atoms with Crippen LogP contribution in [0, 0.1) is 6.92 Å². The predicted molar refractivity (Wildman–Crippen MR) is 124 cm³/mol. The van der Waals surface area contributed by atoms with Gasteiger partial charge in [-0.3, -0.25) is 9.69 Å². The Morgan fingerprint density at radius 1 is 1.10 bits per heavy atom. The zero-order valence-corrected chi connectivity index (χ0v) is 19.2. The van der Waals surface area contributed by atoms with Gasteiger partial charge in [-0.15, -0.1) is 0 Å². The van der Waals surface area contributed by atoms with E-state index in [0.717, 1.165) is 37.3 Å². The fourth-order valence-corrected chi connectivity index (χ4v) is 4.19. The first-order chi connectivity index (χ1) is 14.6. The summed E-state index contributed by atoms with van der Waals surface area (Å²) >= 11 is 0. The van der Waals surface area contributed by atoms with Crippen LogP contribution in [0.3, 0.4) is 0 Å². The number of hydrogen-bond acceptors (Lipinski definition) is 5. The van der Waals surface area contributed by atoms with E-state index in [9.17, 15) is 9.90 Å². The van der Waals surface area contributed by atoms with Gasteiger partial charge in [0.15, 0.2) is 5.76 Å². The zero-order chi connectivity index (χ0) is 22.3. The van der Waals surface area contributed by atoms with Crippen LogP contribution in [0.25, 0.3) is 6.08 Å². The molecule has 0 amide bonds. The first-order valence-corrected chi connectivity index (χ1v) is 10.9. The van der Waals surface area contributed by atoms with E-state index in [0.29, 0.717) is 29.2 Å². The molecule has 2 aliphatic rings. The van der Waals surface area contributed by atoms with Crippen molar-refractivity contribution in [1.29, 1.82) is 0 Å². The Balaban J connectivity index is 1.63. The number of ketones is 1. The third kappa shape index (κ3) is 4.39. The topological polar surface area (TPSA) is 53.0 Å². The molecule has 2 aliphatic heterocycles. The quantitative estimate of drug-likeness (QED) is 0.748. The molecule has 2 aromatic carbocycles. The number of allylic oxidation sites excluding steroid dienone is 1. The number of Topliss-reactive ketones (excluding diaryl/α,β-unsaturated/α-hetero) is 1. The van der Waals surface area contributed by atoms with E-state index in [2.05, 4.69) is 49.8 Å². The van der Waals surface area contributed by atoms with Gasteiger partial charge in [-0.2, -0.15) is 0 Å². The molecule has 2 heterocycles. The first-order valence-electron chi connectivity index (χ1n) is 10.9. The predicted octanol–water partition coefficient (Wildman–Crippen LogP) is 4.36. The molecule has 0 spiro atoms. The molecule has 1 N–H and O–H groups in total. The van der Waals surface area contributed by atoms with Crippen molar-refractivity contribution in [2.45, 2.75) is 39.7 Å². The molecule has 4 rings (SSSR count). The summed E-state index contributed by atoms with van der Waals surface area (Å²) in [6, 6.07) is 9.90. The molecule has 0 bridgehead atoms. The lowest BCUT2D eigenvalue weighted by molar-refractivity contribution is 0.101. The van der Waals surface area contributed by atoms with Gasteiger partial charge in [-0.1, -0.05) is 45.0 Å². The highest BCUT2D eigenvalue weighted by Crippen LogP contribution is 2.42. The van der Waals surface area contributed by atoms with Gasteiger partial charge in [0.05, 0.1) is 11.1 Å². The van der Waals surface area contributed by atoms with Crippen molar-refractivity contribution in [1.82, 2.24) is 9.80 Å². The van der Waals surface area contributed by atoms with Crippen molar-refractivity contribution < 1.29 is 14.6 Å². The molecule has 0 unspecified atom stereocenters. The van der Waals surface area contributed by atoms with Crippen molar-refractivity contribution in [2.75, 3.05) is 33.2 Å². The van der Waals surface area contributed by atoms with Crippen molar-refractivity contribution >= 4 is 11.9 Å². The number of piperazine rings is 1. The molecule has 2 aromatic rings. The number of phenolic OH excluding ortho intramolecular Hbond substituents is 1. The van der Waals surface area contributed by atoms with E-state index >= 15 is 0 Å². The minimum atomic E-state index is -0.118. The summed E-state index contributed by atoms with van der Waals surface area (Å²) in [5, 5.41) is 10.7. The maximum Gasteiger partial charge on any atom is 0.232 e. The molecule has 0 aliphatic carbocycles. The molecule has 0 aromatic heterocycles. The number of aryl methyl sites for hydroxylation is 1. The lowest BCUT2D eigenvalue weighted by Crippen LogP contribution is -2.43. The number of nitrogens with zero attached hydrogens (tertiary/aromatic N) is 2. The highest BCUT2D eigenvalue weighted by Gasteiger charge is 2.34. The number of carbonyl (C=O) groups is 1. The van der Waals surface area contributed by atoms with Crippen molar-refractivity contribution in [2.24, 2.45) is 0 Å². The molecule has 31 heavy (non-hydrogen) atoms. The third-order valence-corrected chi connectivity index (χ3v) is 6.27. The zero-order valence-electron chi connectivity index (χ0n) is 19.2. The molecule has 5 nitrogen and oxygen atoms in total. The maximum atomic E-state index is 13.2. The molecule has 5 heteroatoms. The number of carbonyl (C=O) groups excluding carboxylic acids is 1. The van der Waals surface area contributed by atoms with E-state index < -0.39 is 0 Å². The molecule has 0 atom stereocenters. The molecule has 0 radical (unpaired) electrons. The number of phenols is 1. The minimum Gasteiger partial charge on any atom is -0.507 e. The first kappa shape index (κ1) is 21.6. The lowest BCUT2D eigenvalue weighted by atomic mass is 9.86. The van der Waals surface area contributed by atoms with Crippen LogP contribution in [0.1, 0.15) is 53.4 Å². The van der Waals surface area contributed by atoms with Crippen LogP contribution >= 0.6 is 0 Å². The normalized spacial score (nSPS) is 19.0. The Morgan fingerprint density at radius 2 is 1.74 bits per heavy atom. The second-order valence-corrected chi connectivity index (χ2v) is 9.79. The summed E-state index contributed by atoms with van der Waals surface area (Å²) in [5.74, 6) is 0.900. The average Bonchev–Trinajstić information content (AvgIpc) is 3.03. The van der Waals surface area contributed by atoms with Gasteiger partial charge in [0.2, 0.25) is 5.78 Å². The van der Waals surface area contributed by atoms with E-state index in [4.69, 9.17) is 4.74 Å². The number of fused-ring (bicyclic) bond motifs is 1. The number of hydrogen-bond donors (Lipinski definition) is 1. The van der Waals surface area contributed by atoms with Crippen LogP contribution in [0.2, 0.25) is 0 Å². The van der Waals surface area contributed by atoms with Crippen LogP contribution in [0.5, 0.6) is 11.5 Å². The average molecular weight is 421 g/mol. The second kappa shape index (κ2) is 8.13. The van der Waals surface area contributed by atoms with E-state index in [1.54, 1.807) is 12.1 Å². The summed E-state index contributed by atoms with van der Waals surface area (Å²) in [5.41, 5.74) is 4.25. The van der Waals surface area contributed by atoms with Gasteiger partial charge in [-0.05, 0) is 48.2 Å². The molecule has 1 saturated heterocycles. The Kier molecular flexibility index (Phi) is 5.67. The molecular formula is C26H32N2O3. The number of likely N-dealkylation sites (N-methyl/N-ethyl adjacent to an activating group) is 1. The standard InChI is InChI=1S/C26H32N2O3/c1-17-14-21(29)20(16-28-12-10-27(5)11-13-28)25-23(17)24(30)22(31-25)15-18-6-8-19(9-7-18)26(2,3)4/h6-9,14-15,29H,10-13,16H2,1-5H3/b22-15-. The van der Waals surface area contributed by atoms with Gasteiger partial charge >= 0.3 is 0 Å². The summed E-state index contributed by atoms with van der Waals surface area (Å²) in [4.78, 5) is 17.7. The van der Waals surface area contributed by atoms with Gasteiger partial charge in [0.1, 0.15) is 11.5 Å². The summed E-state index contributed by atoms with van der Waals surface area (Å²) in [6.07, 6.45) is 1.80. The molecule has 0 saturated carbocycles. The summed E-state index contributed by atoms with van der Waals surface area (Å²) < 4.78 is 6.09. The second-order valence-electron chi connectivity index (χ2n) is 9.79. The van der Waals surface area contributed by atoms with Crippen LogP contribution < -0.4 is 4.74 Å². The van der Waals surface area contributed by atoms with Gasteiger partial charge in [0.25, 0.3) is 0 Å². The fraction of sp³-hybridized carbons (Fsp3) is 0.423. The SMILES string of the molecule is Cc1cc(O)c(CN2CCN(C)CC2)c2c1C(=O)/C(=C/c1ccc(C(C)(C)C)cc1)O2. The van der Waals surface area contributed by atoms with Gasteiger partial charge in [-0.25, -0.2) is 0 Å².